The lowest BCUT2D eigenvalue weighted by molar-refractivity contribution is -0.0273. The predicted octanol–water partition coefficient (Wildman–Crippen LogP) is 2.85. The number of halogens is 2. The average molecular weight is 315 g/mol. The van der Waals surface area contributed by atoms with E-state index in [1.165, 1.54) is 6.07 Å². The zero-order valence-electron chi connectivity index (χ0n) is 12.7. The van der Waals surface area contributed by atoms with Crippen LogP contribution in [0.15, 0.2) is 18.2 Å². The second-order valence-corrected chi connectivity index (χ2v) is 6.29. The molecule has 2 unspecified atom stereocenters. The van der Waals surface area contributed by atoms with Crippen molar-refractivity contribution in [2.45, 2.75) is 38.3 Å². The Morgan fingerprint density at radius 3 is 2.67 bits per heavy atom. The minimum absolute atomic E-state index is 0.142. The highest BCUT2D eigenvalue weighted by atomic mass is 35.5. The van der Waals surface area contributed by atoms with Crippen molar-refractivity contribution in [3.05, 3.63) is 34.6 Å². The Labute approximate surface area is 131 Å². The molecule has 0 spiro atoms. The van der Waals surface area contributed by atoms with Crippen molar-refractivity contribution in [3.8, 4) is 0 Å². The summed E-state index contributed by atoms with van der Waals surface area (Å²) in [6, 6.07) is 4.65. The number of rotatable bonds is 5. The molecule has 1 aliphatic heterocycles. The van der Waals surface area contributed by atoms with Gasteiger partial charge in [-0.3, -0.25) is 4.90 Å². The van der Waals surface area contributed by atoms with E-state index in [1.807, 2.05) is 0 Å². The van der Waals surface area contributed by atoms with Gasteiger partial charge in [-0.15, -0.1) is 0 Å². The van der Waals surface area contributed by atoms with Crippen LogP contribution in [0.4, 0.5) is 4.39 Å². The van der Waals surface area contributed by atoms with E-state index in [-0.39, 0.29) is 17.4 Å². The van der Waals surface area contributed by atoms with Gasteiger partial charge in [-0.25, -0.2) is 4.39 Å². The fourth-order valence-corrected chi connectivity index (χ4v) is 3.10. The van der Waals surface area contributed by atoms with Crippen molar-refractivity contribution in [2.24, 2.45) is 5.73 Å². The van der Waals surface area contributed by atoms with E-state index in [0.717, 1.165) is 32.7 Å². The highest BCUT2D eigenvalue weighted by molar-refractivity contribution is 6.30. The topological polar surface area (TPSA) is 38.5 Å². The van der Waals surface area contributed by atoms with Crippen LogP contribution in [-0.2, 0) is 11.2 Å². The SMILES string of the molecule is CCC(C)(C(N)Cc1ccc(Cl)cc1F)N1CCOCC1. The minimum Gasteiger partial charge on any atom is -0.379 e. The zero-order valence-corrected chi connectivity index (χ0v) is 13.5. The van der Waals surface area contributed by atoms with E-state index >= 15 is 0 Å². The molecule has 21 heavy (non-hydrogen) atoms. The molecule has 2 N–H and O–H groups in total. The van der Waals surface area contributed by atoms with E-state index in [0.29, 0.717) is 17.0 Å². The van der Waals surface area contributed by atoms with Crippen molar-refractivity contribution < 1.29 is 9.13 Å². The van der Waals surface area contributed by atoms with Gasteiger partial charge in [-0.1, -0.05) is 24.6 Å². The second kappa shape index (κ2) is 7.05. The summed E-state index contributed by atoms with van der Waals surface area (Å²) in [4.78, 5) is 2.37. The van der Waals surface area contributed by atoms with Crippen molar-refractivity contribution in [1.82, 2.24) is 4.90 Å². The molecule has 2 rings (SSSR count). The van der Waals surface area contributed by atoms with Gasteiger partial charge in [0.1, 0.15) is 5.82 Å². The molecule has 0 amide bonds. The van der Waals surface area contributed by atoms with Crippen LogP contribution in [0.3, 0.4) is 0 Å². The average Bonchev–Trinajstić information content (AvgIpc) is 2.50. The summed E-state index contributed by atoms with van der Waals surface area (Å²) in [6.45, 7) is 7.52. The zero-order chi connectivity index (χ0) is 15.5. The Morgan fingerprint density at radius 1 is 1.43 bits per heavy atom. The predicted molar refractivity (Wildman–Crippen MR) is 84.2 cm³/mol. The first-order valence-electron chi connectivity index (χ1n) is 7.49. The van der Waals surface area contributed by atoms with Crippen molar-refractivity contribution in [3.63, 3.8) is 0 Å². The van der Waals surface area contributed by atoms with Crippen molar-refractivity contribution in [2.75, 3.05) is 26.3 Å². The van der Waals surface area contributed by atoms with Crippen molar-refractivity contribution in [1.29, 1.82) is 0 Å². The number of hydrogen-bond donors (Lipinski definition) is 1. The van der Waals surface area contributed by atoms with E-state index in [2.05, 4.69) is 18.7 Å². The number of benzene rings is 1. The summed E-state index contributed by atoms with van der Waals surface area (Å²) in [7, 11) is 0. The first kappa shape index (κ1) is 16.7. The van der Waals surface area contributed by atoms with Gasteiger partial charge < -0.3 is 10.5 Å². The summed E-state index contributed by atoms with van der Waals surface area (Å²) in [5.41, 5.74) is 6.92. The maximum Gasteiger partial charge on any atom is 0.127 e. The molecule has 0 radical (unpaired) electrons. The maximum atomic E-state index is 14.0. The molecule has 5 heteroatoms. The molecular weight excluding hydrogens is 291 g/mol. The number of nitrogens with zero attached hydrogens (tertiary/aromatic N) is 1. The van der Waals surface area contributed by atoms with Crippen LogP contribution in [0, 0.1) is 5.82 Å². The quantitative estimate of drug-likeness (QED) is 0.908. The van der Waals surface area contributed by atoms with Gasteiger partial charge >= 0.3 is 0 Å². The van der Waals surface area contributed by atoms with Crippen molar-refractivity contribution >= 4 is 11.6 Å². The molecular formula is C16H24ClFN2O. The molecule has 1 aromatic carbocycles. The first-order chi connectivity index (χ1) is 9.97. The standard InChI is InChI=1S/C16H24ClFN2O/c1-3-16(2,20-6-8-21-9-7-20)15(19)10-12-4-5-13(17)11-14(12)18/h4-5,11,15H,3,6-10,19H2,1-2H3. The van der Waals surface area contributed by atoms with Gasteiger partial charge in [0, 0.05) is 29.7 Å². The Kier molecular flexibility index (Phi) is 5.60. The number of hydrogen-bond acceptors (Lipinski definition) is 3. The van der Waals surface area contributed by atoms with Gasteiger partial charge in [-0.2, -0.15) is 0 Å². The lowest BCUT2D eigenvalue weighted by Crippen LogP contribution is -2.61. The van der Waals surface area contributed by atoms with Crippen LogP contribution in [-0.4, -0.2) is 42.8 Å². The van der Waals surface area contributed by atoms with E-state index in [1.54, 1.807) is 12.1 Å². The Morgan fingerprint density at radius 2 is 2.10 bits per heavy atom. The molecule has 0 aliphatic carbocycles. The van der Waals surface area contributed by atoms with Crippen LogP contribution >= 0.6 is 11.6 Å². The molecule has 3 nitrogen and oxygen atoms in total. The molecule has 2 atom stereocenters. The monoisotopic (exact) mass is 314 g/mol. The highest BCUT2D eigenvalue weighted by Gasteiger charge is 2.37. The molecule has 1 fully saturated rings. The van der Waals surface area contributed by atoms with Gasteiger partial charge in [0.25, 0.3) is 0 Å². The lowest BCUT2D eigenvalue weighted by atomic mass is 9.83. The summed E-state index contributed by atoms with van der Waals surface area (Å²) >= 11 is 5.80. The summed E-state index contributed by atoms with van der Waals surface area (Å²) in [5.74, 6) is -0.279. The van der Waals surface area contributed by atoms with Gasteiger partial charge in [0.15, 0.2) is 0 Å². The Hall–Kier alpha value is -0.680. The molecule has 0 aromatic heterocycles. The third-order valence-electron chi connectivity index (χ3n) is 4.70. The molecule has 0 bridgehead atoms. The molecule has 0 saturated carbocycles. The minimum atomic E-state index is -0.279. The second-order valence-electron chi connectivity index (χ2n) is 5.86. The third-order valence-corrected chi connectivity index (χ3v) is 4.94. The molecule has 1 aliphatic rings. The van der Waals surface area contributed by atoms with Gasteiger partial charge in [0.2, 0.25) is 0 Å². The summed E-state index contributed by atoms with van der Waals surface area (Å²) < 4.78 is 19.4. The lowest BCUT2D eigenvalue weighted by Gasteiger charge is -2.46. The van der Waals surface area contributed by atoms with E-state index < -0.39 is 0 Å². The van der Waals surface area contributed by atoms with E-state index in [9.17, 15) is 4.39 Å². The normalized spacial score (nSPS) is 21.0. The molecule has 118 valence electrons. The Bertz CT molecular complexity index is 479. The summed E-state index contributed by atoms with van der Waals surface area (Å²) in [5, 5.41) is 0.413. The van der Waals surface area contributed by atoms with E-state index in [4.69, 9.17) is 22.1 Å². The molecule has 1 aromatic rings. The van der Waals surface area contributed by atoms with Gasteiger partial charge in [0.05, 0.1) is 13.2 Å². The van der Waals surface area contributed by atoms with Crippen LogP contribution in [0.5, 0.6) is 0 Å². The third kappa shape index (κ3) is 3.75. The largest absolute Gasteiger partial charge is 0.379 e. The molecule has 1 heterocycles. The van der Waals surface area contributed by atoms with Gasteiger partial charge in [-0.05, 0) is 37.5 Å². The first-order valence-corrected chi connectivity index (χ1v) is 7.87. The number of nitrogens with two attached hydrogens (primary N) is 1. The maximum absolute atomic E-state index is 14.0. The molecule has 1 saturated heterocycles. The Balaban J connectivity index is 2.13. The van der Waals surface area contributed by atoms with Crippen LogP contribution in [0.25, 0.3) is 0 Å². The fourth-order valence-electron chi connectivity index (χ4n) is 2.94. The smallest absolute Gasteiger partial charge is 0.127 e. The summed E-state index contributed by atoms with van der Waals surface area (Å²) in [6.07, 6.45) is 1.42. The van der Waals surface area contributed by atoms with Crippen LogP contribution in [0.1, 0.15) is 25.8 Å². The highest BCUT2D eigenvalue weighted by Crippen LogP contribution is 2.27. The van der Waals surface area contributed by atoms with Crippen LogP contribution < -0.4 is 5.73 Å². The van der Waals surface area contributed by atoms with Crippen LogP contribution in [0.2, 0.25) is 5.02 Å². The fraction of sp³-hybridized carbons (Fsp3) is 0.625. The number of morpholine rings is 1. The number of ether oxygens (including phenoxy) is 1.